The lowest BCUT2D eigenvalue weighted by Crippen LogP contribution is -2.30. The third kappa shape index (κ3) is 63.6. The molecule has 0 saturated carbocycles. The fourth-order valence-electron chi connectivity index (χ4n) is 9.74. The minimum Gasteiger partial charge on any atom is -0.462 e. The van der Waals surface area contributed by atoms with Gasteiger partial charge in [-0.05, 0) is 70.6 Å². The van der Waals surface area contributed by atoms with E-state index in [0.29, 0.717) is 19.3 Å². The summed E-state index contributed by atoms with van der Waals surface area (Å²) in [6, 6.07) is 0. The standard InChI is InChI=1S/C71H126O6/c1-4-7-10-13-16-19-22-24-26-28-30-32-34-36-38-39-41-43-45-47-49-52-55-58-61-64-70(73)76-67-68(66-75-69(72)63-60-57-54-51-21-18-15-12-9-6-3)77-71(74)65-62-59-56-53-50-48-46-44-42-40-37-35-33-31-29-27-25-23-20-17-14-11-8-5-2/h7,10,16,19,24,26,30,32,36,38,41,43,68H,4-6,8-9,11-15,17-18,20-23,25,27-29,31,33-35,37,39-40,42,44-67H2,1-3H3/b10-7-,19-16-,26-24-,32-30-,38-36-,43-41-. The van der Waals surface area contributed by atoms with E-state index in [1.165, 1.54) is 199 Å². The number of hydrogen-bond acceptors (Lipinski definition) is 6. The Labute approximate surface area is 478 Å². The summed E-state index contributed by atoms with van der Waals surface area (Å²) in [6.45, 7) is 6.55. The largest absolute Gasteiger partial charge is 0.462 e. The molecule has 77 heavy (non-hydrogen) atoms. The van der Waals surface area contributed by atoms with E-state index in [4.69, 9.17) is 14.2 Å². The van der Waals surface area contributed by atoms with Gasteiger partial charge in [-0.2, -0.15) is 0 Å². The molecule has 0 aliphatic rings. The van der Waals surface area contributed by atoms with Gasteiger partial charge in [0.2, 0.25) is 0 Å². The maximum absolute atomic E-state index is 12.9. The van der Waals surface area contributed by atoms with Crippen molar-refractivity contribution >= 4 is 17.9 Å². The molecule has 0 radical (unpaired) electrons. The van der Waals surface area contributed by atoms with Gasteiger partial charge in [0.1, 0.15) is 13.2 Å². The Bertz CT molecular complexity index is 1420. The van der Waals surface area contributed by atoms with Gasteiger partial charge in [-0.3, -0.25) is 14.4 Å². The third-order valence-electron chi connectivity index (χ3n) is 14.7. The number of esters is 3. The highest BCUT2D eigenvalue weighted by atomic mass is 16.6. The molecule has 446 valence electrons. The second-order valence-electron chi connectivity index (χ2n) is 22.4. The molecule has 0 spiro atoms. The van der Waals surface area contributed by atoms with E-state index in [-0.39, 0.29) is 31.1 Å². The van der Waals surface area contributed by atoms with Crippen molar-refractivity contribution in [2.24, 2.45) is 0 Å². The van der Waals surface area contributed by atoms with Crippen LogP contribution in [0.3, 0.4) is 0 Å². The van der Waals surface area contributed by atoms with E-state index >= 15 is 0 Å². The zero-order valence-corrected chi connectivity index (χ0v) is 51.2. The Hall–Kier alpha value is -3.15. The van der Waals surface area contributed by atoms with Crippen LogP contribution in [0.5, 0.6) is 0 Å². The number of rotatable bonds is 61. The van der Waals surface area contributed by atoms with Crippen molar-refractivity contribution in [2.45, 2.75) is 348 Å². The maximum Gasteiger partial charge on any atom is 0.306 e. The van der Waals surface area contributed by atoms with Gasteiger partial charge < -0.3 is 14.2 Å². The fraction of sp³-hybridized carbons (Fsp3) is 0.789. The molecule has 0 N–H and O–H groups in total. The lowest BCUT2D eigenvalue weighted by Gasteiger charge is -2.18. The second-order valence-corrected chi connectivity index (χ2v) is 22.4. The fourth-order valence-corrected chi connectivity index (χ4v) is 9.74. The van der Waals surface area contributed by atoms with Crippen LogP contribution in [-0.4, -0.2) is 37.2 Å². The van der Waals surface area contributed by atoms with Crippen molar-refractivity contribution in [1.82, 2.24) is 0 Å². The van der Waals surface area contributed by atoms with E-state index in [1.807, 2.05) is 0 Å². The molecule has 6 heteroatoms. The first-order chi connectivity index (χ1) is 38.0. The molecule has 1 unspecified atom stereocenters. The molecule has 1 atom stereocenters. The number of ether oxygens (including phenoxy) is 3. The van der Waals surface area contributed by atoms with Gasteiger partial charge in [-0.1, -0.05) is 325 Å². The molecule has 0 aromatic carbocycles. The van der Waals surface area contributed by atoms with Gasteiger partial charge in [0, 0.05) is 19.3 Å². The summed E-state index contributed by atoms with van der Waals surface area (Å²) in [6.07, 6.45) is 85.0. The average Bonchev–Trinajstić information content (AvgIpc) is 3.43. The van der Waals surface area contributed by atoms with Crippen LogP contribution in [0, 0.1) is 0 Å². The predicted molar refractivity (Wildman–Crippen MR) is 335 cm³/mol. The van der Waals surface area contributed by atoms with Crippen molar-refractivity contribution in [2.75, 3.05) is 13.2 Å². The first-order valence-electron chi connectivity index (χ1n) is 33.4. The van der Waals surface area contributed by atoms with Crippen LogP contribution >= 0.6 is 0 Å². The van der Waals surface area contributed by atoms with Crippen LogP contribution in [-0.2, 0) is 28.6 Å². The Balaban J connectivity index is 4.24. The molecule has 0 aromatic rings. The number of unbranched alkanes of at least 4 members (excludes halogenated alkanes) is 38. The normalized spacial score (nSPS) is 12.5. The zero-order chi connectivity index (χ0) is 55.7. The Morgan fingerprint density at radius 3 is 0.792 bits per heavy atom. The van der Waals surface area contributed by atoms with Crippen LogP contribution in [0.1, 0.15) is 342 Å². The molecule has 0 aromatic heterocycles. The van der Waals surface area contributed by atoms with Crippen molar-refractivity contribution in [3.05, 3.63) is 72.9 Å². The summed E-state index contributed by atoms with van der Waals surface area (Å²) in [5.41, 5.74) is 0. The molecular formula is C71H126O6. The van der Waals surface area contributed by atoms with Crippen LogP contribution in [0.4, 0.5) is 0 Å². The van der Waals surface area contributed by atoms with Crippen molar-refractivity contribution in [1.29, 1.82) is 0 Å². The molecule has 0 rings (SSSR count). The summed E-state index contributed by atoms with van der Waals surface area (Å²) in [4.78, 5) is 38.3. The minimum atomic E-state index is -0.779. The topological polar surface area (TPSA) is 78.9 Å². The number of carbonyl (C=O) groups is 3. The zero-order valence-electron chi connectivity index (χ0n) is 51.2. The van der Waals surface area contributed by atoms with Crippen molar-refractivity contribution in [3.8, 4) is 0 Å². The van der Waals surface area contributed by atoms with E-state index < -0.39 is 6.10 Å². The Kier molecular flexibility index (Phi) is 62.7. The molecule has 0 fully saturated rings. The number of carbonyl (C=O) groups excluding carboxylic acids is 3. The molecule has 0 amide bonds. The summed E-state index contributed by atoms with van der Waals surface area (Å²) < 4.78 is 16.9. The lowest BCUT2D eigenvalue weighted by atomic mass is 10.0. The number of allylic oxidation sites excluding steroid dienone is 12. The first kappa shape index (κ1) is 73.8. The Morgan fingerprint density at radius 1 is 0.273 bits per heavy atom. The van der Waals surface area contributed by atoms with Crippen molar-refractivity contribution < 1.29 is 28.6 Å². The van der Waals surface area contributed by atoms with Gasteiger partial charge in [0.25, 0.3) is 0 Å². The minimum absolute atomic E-state index is 0.0758. The summed E-state index contributed by atoms with van der Waals surface area (Å²) in [7, 11) is 0. The van der Waals surface area contributed by atoms with Gasteiger partial charge in [-0.15, -0.1) is 0 Å². The van der Waals surface area contributed by atoms with Crippen molar-refractivity contribution in [3.63, 3.8) is 0 Å². The molecular weight excluding hydrogens is 949 g/mol. The number of hydrogen-bond donors (Lipinski definition) is 0. The molecule has 0 saturated heterocycles. The maximum atomic E-state index is 12.9. The van der Waals surface area contributed by atoms with Crippen LogP contribution < -0.4 is 0 Å². The van der Waals surface area contributed by atoms with Crippen LogP contribution in [0.25, 0.3) is 0 Å². The van der Waals surface area contributed by atoms with Gasteiger partial charge in [-0.25, -0.2) is 0 Å². The highest BCUT2D eigenvalue weighted by Gasteiger charge is 2.19. The second kappa shape index (κ2) is 65.4. The van der Waals surface area contributed by atoms with Gasteiger partial charge in [0.15, 0.2) is 6.10 Å². The summed E-state index contributed by atoms with van der Waals surface area (Å²) in [5, 5.41) is 0. The average molecular weight is 1080 g/mol. The highest BCUT2D eigenvalue weighted by molar-refractivity contribution is 5.71. The summed E-state index contributed by atoms with van der Waals surface area (Å²) in [5.74, 6) is -0.874. The van der Waals surface area contributed by atoms with Gasteiger partial charge >= 0.3 is 17.9 Å². The monoisotopic (exact) mass is 1070 g/mol. The molecule has 0 bridgehead atoms. The highest BCUT2D eigenvalue weighted by Crippen LogP contribution is 2.18. The van der Waals surface area contributed by atoms with E-state index in [0.717, 1.165) is 103 Å². The first-order valence-corrected chi connectivity index (χ1v) is 33.4. The van der Waals surface area contributed by atoms with E-state index in [1.54, 1.807) is 0 Å². The SMILES string of the molecule is CC/C=C\C/C=C\C/C=C\C/C=C\C/C=C\C/C=C\CCCCCCCCC(=O)OCC(COC(=O)CCCCCCCCCCCC)OC(=O)CCCCCCCCCCCCCCCCCCCCCCCCCC. The molecule has 0 aliphatic carbocycles. The van der Waals surface area contributed by atoms with Gasteiger partial charge in [0.05, 0.1) is 0 Å². The molecule has 6 nitrogen and oxygen atoms in total. The van der Waals surface area contributed by atoms with Crippen LogP contribution in [0.2, 0.25) is 0 Å². The molecule has 0 aliphatic heterocycles. The smallest absolute Gasteiger partial charge is 0.306 e. The Morgan fingerprint density at radius 2 is 0.506 bits per heavy atom. The third-order valence-corrected chi connectivity index (χ3v) is 14.7. The van der Waals surface area contributed by atoms with Crippen LogP contribution in [0.15, 0.2) is 72.9 Å². The lowest BCUT2D eigenvalue weighted by molar-refractivity contribution is -0.167. The summed E-state index contributed by atoms with van der Waals surface area (Å²) >= 11 is 0. The van der Waals surface area contributed by atoms with E-state index in [9.17, 15) is 14.4 Å². The van der Waals surface area contributed by atoms with E-state index in [2.05, 4.69) is 93.7 Å². The molecule has 0 heterocycles. The quantitative estimate of drug-likeness (QED) is 0.0261. The predicted octanol–water partition coefficient (Wildman–Crippen LogP) is 22.9.